The molecule has 2 amide bonds. The van der Waals surface area contributed by atoms with Gasteiger partial charge in [-0.25, -0.2) is 0 Å². The van der Waals surface area contributed by atoms with Crippen LogP contribution in [0.25, 0.3) is 0 Å². The van der Waals surface area contributed by atoms with Gasteiger partial charge in [0.2, 0.25) is 11.8 Å². The Morgan fingerprint density at radius 3 is 2.43 bits per heavy atom. The lowest BCUT2D eigenvalue weighted by Gasteiger charge is -2.50. The summed E-state index contributed by atoms with van der Waals surface area (Å²) in [5, 5.41) is 2.96. The fourth-order valence-electron chi connectivity index (χ4n) is 3.07. The smallest absolute Gasteiger partial charge is 0.249 e. The topological polar surface area (TPSA) is 58.6 Å². The first kappa shape index (κ1) is 16.3. The molecule has 5 nitrogen and oxygen atoms in total. The normalized spacial score (nSPS) is 33.5. The SMILES string of the molecule is CCC1(C)NC(=O)C(C)(C2CC2)N(CCOC(C)C)C1=O. The van der Waals surface area contributed by atoms with Crippen LogP contribution in [-0.2, 0) is 14.3 Å². The molecule has 5 heteroatoms. The highest BCUT2D eigenvalue weighted by Gasteiger charge is 2.59. The third-order valence-corrected chi connectivity index (χ3v) is 4.97. The molecule has 0 spiro atoms. The van der Waals surface area contributed by atoms with Crippen LogP contribution < -0.4 is 5.32 Å². The summed E-state index contributed by atoms with van der Waals surface area (Å²) in [6.45, 7) is 10.5. The van der Waals surface area contributed by atoms with E-state index in [1.54, 1.807) is 4.90 Å². The first-order valence-corrected chi connectivity index (χ1v) is 8.02. The Labute approximate surface area is 127 Å². The minimum Gasteiger partial charge on any atom is -0.377 e. The quantitative estimate of drug-likeness (QED) is 0.812. The van der Waals surface area contributed by atoms with Crippen LogP contribution in [0.1, 0.15) is 53.9 Å². The van der Waals surface area contributed by atoms with E-state index in [4.69, 9.17) is 4.74 Å². The molecule has 1 N–H and O–H groups in total. The van der Waals surface area contributed by atoms with Gasteiger partial charge in [0.1, 0.15) is 11.1 Å². The molecule has 0 aromatic rings. The van der Waals surface area contributed by atoms with Crippen molar-refractivity contribution in [1.29, 1.82) is 0 Å². The van der Waals surface area contributed by atoms with Crippen molar-refractivity contribution in [2.75, 3.05) is 13.2 Å². The zero-order valence-electron chi connectivity index (χ0n) is 13.9. The molecule has 2 unspecified atom stereocenters. The minimum absolute atomic E-state index is 0.0153. The number of carbonyl (C=O) groups excluding carboxylic acids is 2. The molecule has 1 saturated carbocycles. The third-order valence-electron chi connectivity index (χ3n) is 4.97. The molecule has 0 aromatic heterocycles. The van der Waals surface area contributed by atoms with E-state index in [1.165, 1.54) is 0 Å². The van der Waals surface area contributed by atoms with Crippen LogP contribution in [0, 0.1) is 5.92 Å². The molecule has 1 saturated heterocycles. The maximum Gasteiger partial charge on any atom is 0.249 e. The van der Waals surface area contributed by atoms with E-state index >= 15 is 0 Å². The van der Waals surface area contributed by atoms with E-state index in [-0.39, 0.29) is 23.8 Å². The van der Waals surface area contributed by atoms with E-state index in [0.29, 0.717) is 19.6 Å². The number of rotatable bonds is 6. The number of nitrogens with zero attached hydrogens (tertiary/aromatic N) is 1. The lowest BCUT2D eigenvalue weighted by Crippen LogP contribution is -2.75. The van der Waals surface area contributed by atoms with Gasteiger partial charge in [-0.05, 0) is 52.9 Å². The van der Waals surface area contributed by atoms with E-state index < -0.39 is 11.1 Å². The second-order valence-corrected chi connectivity index (χ2v) is 6.94. The number of amides is 2. The van der Waals surface area contributed by atoms with Gasteiger partial charge in [-0.3, -0.25) is 9.59 Å². The Morgan fingerprint density at radius 2 is 1.95 bits per heavy atom. The third kappa shape index (κ3) is 2.80. The van der Waals surface area contributed by atoms with Gasteiger partial charge in [0.25, 0.3) is 0 Å². The number of piperazine rings is 1. The molecule has 1 aliphatic carbocycles. The molecular weight excluding hydrogens is 268 g/mol. The molecule has 21 heavy (non-hydrogen) atoms. The minimum atomic E-state index is -0.788. The van der Waals surface area contributed by atoms with Gasteiger partial charge in [-0.15, -0.1) is 0 Å². The molecule has 120 valence electrons. The summed E-state index contributed by atoms with van der Waals surface area (Å²) in [6.07, 6.45) is 2.76. The van der Waals surface area contributed by atoms with E-state index in [2.05, 4.69) is 5.32 Å². The molecule has 0 radical (unpaired) electrons. The van der Waals surface area contributed by atoms with Crippen LogP contribution >= 0.6 is 0 Å². The second kappa shape index (κ2) is 5.59. The Balaban J connectivity index is 2.23. The van der Waals surface area contributed by atoms with Crippen molar-refractivity contribution < 1.29 is 14.3 Å². The summed E-state index contributed by atoms with van der Waals surface area (Å²) in [6, 6.07) is 0. The van der Waals surface area contributed by atoms with Crippen LogP contribution in [0.2, 0.25) is 0 Å². The van der Waals surface area contributed by atoms with Crippen LogP contribution in [-0.4, -0.2) is 47.0 Å². The first-order valence-electron chi connectivity index (χ1n) is 8.02. The molecular formula is C16H28N2O3. The van der Waals surface area contributed by atoms with E-state index in [1.807, 2.05) is 34.6 Å². The van der Waals surface area contributed by atoms with Crippen molar-refractivity contribution in [2.24, 2.45) is 5.92 Å². The molecule has 0 bridgehead atoms. The maximum atomic E-state index is 12.9. The van der Waals surface area contributed by atoms with Crippen molar-refractivity contribution in [3.63, 3.8) is 0 Å². The lowest BCUT2D eigenvalue weighted by atomic mass is 9.82. The number of ether oxygens (including phenoxy) is 1. The van der Waals surface area contributed by atoms with Crippen molar-refractivity contribution in [1.82, 2.24) is 10.2 Å². The summed E-state index contributed by atoms with van der Waals surface area (Å²) in [5.41, 5.74) is -1.50. The van der Waals surface area contributed by atoms with Gasteiger partial charge >= 0.3 is 0 Å². The van der Waals surface area contributed by atoms with Gasteiger partial charge in [-0.1, -0.05) is 6.92 Å². The fraction of sp³-hybridized carbons (Fsp3) is 0.875. The molecule has 2 fully saturated rings. The fourth-order valence-corrected chi connectivity index (χ4v) is 3.07. The maximum absolute atomic E-state index is 12.9. The molecule has 2 rings (SSSR count). The van der Waals surface area contributed by atoms with Crippen LogP contribution in [0.15, 0.2) is 0 Å². The highest BCUT2D eigenvalue weighted by molar-refractivity contribution is 6.02. The molecule has 1 aliphatic heterocycles. The highest BCUT2D eigenvalue weighted by Crippen LogP contribution is 2.45. The monoisotopic (exact) mass is 296 g/mol. The average molecular weight is 296 g/mol. The number of carbonyl (C=O) groups is 2. The van der Waals surface area contributed by atoms with Gasteiger partial charge < -0.3 is 15.0 Å². The largest absolute Gasteiger partial charge is 0.377 e. The standard InChI is InChI=1S/C16H28N2O3/c1-6-15(4)14(20)18(9-10-21-11(2)3)16(5,12-7-8-12)13(19)17-15/h11-12H,6-10H2,1-5H3,(H,17,19). The zero-order valence-corrected chi connectivity index (χ0v) is 13.9. The Hall–Kier alpha value is -1.10. The highest BCUT2D eigenvalue weighted by atomic mass is 16.5. The Bertz CT molecular complexity index is 433. The molecule has 1 heterocycles. The Morgan fingerprint density at radius 1 is 1.33 bits per heavy atom. The van der Waals surface area contributed by atoms with Crippen molar-refractivity contribution in [3.05, 3.63) is 0 Å². The predicted octanol–water partition coefficient (Wildman–Crippen LogP) is 1.71. The van der Waals surface area contributed by atoms with E-state index in [0.717, 1.165) is 12.8 Å². The van der Waals surface area contributed by atoms with Crippen LogP contribution in [0.4, 0.5) is 0 Å². The lowest BCUT2D eigenvalue weighted by molar-refractivity contribution is -0.164. The summed E-state index contributed by atoms with van der Waals surface area (Å²) in [7, 11) is 0. The Kier molecular flexibility index (Phi) is 4.34. The van der Waals surface area contributed by atoms with Gasteiger partial charge in [-0.2, -0.15) is 0 Å². The van der Waals surface area contributed by atoms with Crippen LogP contribution in [0.3, 0.4) is 0 Å². The number of hydrogen-bond donors (Lipinski definition) is 1. The summed E-state index contributed by atoms with van der Waals surface area (Å²) < 4.78 is 5.60. The van der Waals surface area contributed by atoms with Gasteiger partial charge in [0, 0.05) is 6.54 Å². The predicted molar refractivity (Wildman–Crippen MR) is 80.8 cm³/mol. The number of hydrogen-bond acceptors (Lipinski definition) is 3. The first-order chi connectivity index (χ1) is 9.75. The van der Waals surface area contributed by atoms with Crippen LogP contribution in [0.5, 0.6) is 0 Å². The molecule has 2 atom stereocenters. The van der Waals surface area contributed by atoms with Crippen molar-refractivity contribution >= 4 is 11.8 Å². The summed E-state index contributed by atoms with van der Waals surface area (Å²) in [5.74, 6) is 0.284. The summed E-state index contributed by atoms with van der Waals surface area (Å²) in [4.78, 5) is 27.4. The van der Waals surface area contributed by atoms with E-state index in [9.17, 15) is 9.59 Å². The summed E-state index contributed by atoms with van der Waals surface area (Å²) >= 11 is 0. The second-order valence-electron chi connectivity index (χ2n) is 6.94. The van der Waals surface area contributed by atoms with Gasteiger partial charge in [0.05, 0.1) is 12.7 Å². The average Bonchev–Trinajstić information content (AvgIpc) is 3.25. The van der Waals surface area contributed by atoms with Crippen molar-refractivity contribution in [2.45, 2.75) is 71.1 Å². The zero-order chi connectivity index (χ0) is 15.8. The molecule has 0 aromatic carbocycles. The number of nitrogens with one attached hydrogen (secondary N) is 1. The molecule has 2 aliphatic rings. The van der Waals surface area contributed by atoms with Crippen molar-refractivity contribution in [3.8, 4) is 0 Å². The van der Waals surface area contributed by atoms with Gasteiger partial charge in [0.15, 0.2) is 0 Å².